The molecule has 1 fully saturated rings. The largest absolute Gasteiger partial charge is 0.483 e. The first-order valence-electron chi connectivity index (χ1n) is 8.15. The number of alkyl halides is 2. The Bertz CT molecular complexity index is 875. The molecule has 1 amide bonds. The number of rotatable bonds is 6. The number of amides is 1. The fourth-order valence-corrected chi connectivity index (χ4v) is 2.79. The zero-order valence-electron chi connectivity index (χ0n) is 14.0. The summed E-state index contributed by atoms with van der Waals surface area (Å²) in [4.78, 5) is 23.5. The van der Waals surface area contributed by atoms with Crippen molar-refractivity contribution in [2.24, 2.45) is 5.92 Å². The smallest absolute Gasteiger partial charge is 0.336 e. The molecule has 1 atom stereocenters. The minimum Gasteiger partial charge on any atom is -0.483 e. The maximum Gasteiger partial charge on any atom is 0.336 e. The molecule has 0 radical (unpaired) electrons. The highest BCUT2D eigenvalue weighted by molar-refractivity contribution is 5.88. The predicted molar refractivity (Wildman–Crippen MR) is 88.2 cm³/mol. The first-order valence-corrected chi connectivity index (χ1v) is 8.15. The van der Waals surface area contributed by atoms with Crippen LogP contribution in [0.5, 0.6) is 5.75 Å². The lowest BCUT2D eigenvalue weighted by atomic mass is 10.1. The predicted octanol–water partition coefficient (Wildman–Crippen LogP) is 2.81. The van der Waals surface area contributed by atoms with Gasteiger partial charge in [-0.1, -0.05) is 6.92 Å². The van der Waals surface area contributed by atoms with Gasteiger partial charge in [-0.15, -0.1) is 0 Å². The van der Waals surface area contributed by atoms with E-state index in [1.54, 1.807) is 12.1 Å². The van der Waals surface area contributed by atoms with Crippen molar-refractivity contribution in [3.05, 3.63) is 39.7 Å². The lowest BCUT2D eigenvalue weighted by Crippen LogP contribution is -2.31. The maximum atomic E-state index is 12.8. The molecule has 1 unspecified atom stereocenters. The summed E-state index contributed by atoms with van der Waals surface area (Å²) in [5.41, 5.74) is 1.54. The third kappa shape index (κ3) is 3.81. The number of carbonyl (C=O) groups excluding carboxylic acids is 1. The van der Waals surface area contributed by atoms with E-state index < -0.39 is 23.4 Å². The molecule has 0 aliphatic heterocycles. The molecule has 1 saturated carbocycles. The van der Waals surface area contributed by atoms with Gasteiger partial charge < -0.3 is 14.5 Å². The molecule has 7 heteroatoms. The van der Waals surface area contributed by atoms with Crippen LogP contribution in [0.15, 0.2) is 27.4 Å². The van der Waals surface area contributed by atoms with Crippen molar-refractivity contribution in [1.82, 2.24) is 5.32 Å². The molecular weight excluding hydrogens is 332 g/mol. The van der Waals surface area contributed by atoms with E-state index in [9.17, 15) is 18.4 Å². The first-order chi connectivity index (χ1) is 11.8. The molecule has 1 heterocycles. The summed E-state index contributed by atoms with van der Waals surface area (Å²) in [6.45, 7) is 3.37. The quantitative estimate of drug-likeness (QED) is 0.813. The summed E-state index contributed by atoms with van der Waals surface area (Å²) < 4.78 is 36.4. The van der Waals surface area contributed by atoms with Crippen molar-refractivity contribution in [3.8, 4) is 5.75 Å². The van der Waals surface area contributed by atoms with Crippen LogP contribution in [0.3, 0.4) is 0 Å². The fourth-order valence-electron chi connectivity index (χ4n) is 2.79. The van der Waals surface area contributed by atoms with Gasteiger partial charge in [-0.25, -0.2) is 13.6 Å². The maximum absolute atomic E-state index is 12.8. The van der Waals surface area contributed by atoms with E-state index in [4.69, 9.17) is 9.15 Å². The van der Waals surface area contributed by atoms with E-state index in [0.717, 1.165) is 11.1 Å². The van der Waals surface area contributed by atoms with E-state index >= 15 is 0 Å². The monoisotopic (exact) mass is 351 g/mol. The third-order valence-corrected chi connectivity index (χ3v) is 4.28. The van der Waals surface area contributed by atoms with Gasteiger partial charge in [-0.3, -0.25) is 4.79 Å². The van der Waals surface area contributed by atoms with E-state index in [1.807, 2.05) is 13.8 Å². The van der Waals surface area contributed by atoms with Gasteiger partial charge in [0, 0.05) is 24.9 Å². The molecule has 2 aromatic rings. The Morgan fingerprint density at radius 1 is 1.40 bits per heavy atom. The molecule has 1 aromatic heterocycles. The van der Waals surface area contributed by atoms with E-state index in [2.05, 4.69) is 5.32 Å². The van der Waals surface area contributed by atoms with Crippen LogP contribution in [-0.4, -0.2) is 25.0 Å². The number of ether oxygens (including phenoxy) is 1. The van der Waals surface area contributed by atoms with Crippen LogP contribution < -0.4 is 15.7 Å². The van der Waals surface area contributed by atoms with Crippen molar-refractivity contribution in [2.45, 2.75) is 32.6 Å². The normalized spacial score (nSPS) is 18.2. The molecule has 5 nitrogen and oxygen atoms in total. The van der Waals surface area contributed by atoms with Gasteiger partial charge >= 0.3 is 5.63 Å². The number of fused-ring (bicyclic) bond motifs is 1. The zero-order chi connectivity index (χ0) is 18.2. The van der Waals surface area contributed by atoms with Crippen LogP contribution in [0.4, 0.5) is 8.78 Å². The topological polar surface area (TPSA) is 68.5 Å². The lowest BCUT2D eigenvalue weighted by Gasteiger charge is -2.12. The molecule has 0 spiro atoms. The second-order valence-corrected chi connectivity index (χ2v) is 6.34. The molecule has 3 rings (SSSR count). The van der Waals surface area contributed by atoms with Gasteiger partial charge in [-0.2, -0.15) is 0 Å². The molecule has 1 aliphatic rings. The fraction of sp³-hybridized carbons (Fsp3) is 0.444. The summed E-state index contributed by atoms with van der Waals surface area (Å²) in [6, 6.07) is 4.89. The Labute approximate surface area is 143 Å². The van der Waals surface area contributed by atoms with Crippen molar-refractivity contribution in [1.29, 1.82) is 0 Å². The zero-order valence-corrected chi connectivity index (χ0v) is 14.0. The summed E-state index contributed by atoms with van der Waals surface area (Å²) in [5, 5.41) is 3.10. The van der Waals surface area contributed by atoms with Crippen LogP contribution >= 0.6 is 0 Å². The minimum absolute atomic E-state index is 0.0567. The molecule has 0 saturated heterocycles. The van der Waals surface area contributed by atoms with Gasteiger partial charge in [0.25, 0.3) is 11.8 Å². The van der Waals surface area contributed by atoms with Gasteiger partial charge in [0.1, 0.15) is 11.3 Å². The minimum atomic E-state index is -2.66. The second kappa shape index (κ2) is 6.46. The lowest BCUT2D eigenvalue weighted by molar-refractivity contribution is -0.123. The summed E-state index contributed by atoms with van der Waals surface area (Å²) >= 11 is 0. The molecule has 1 N–H and O–H groups in total. The molecule has 0 bridgehead atoms. The summed E-state index contributed by atoms with van der Waals surface area (Å²) in [7, 11) is 0. The number of benzene rings is 1. The molecular formula is C18H19F2NO4. The number of nitrogens with one attached hydrogen (secondary N) is 1. The van der Waals surface area contributed by atoms with Gasteiger partial charge in [-0.05, 0) is 36.6 Å². The number of halogens is 2. The Morgan fingerprint density at radius 3 is 2.76 bits per heavy atom. The second-order valence-electron chi connectivity index (χ2n) is 6.34. The summed E-state index contributed by atoms with van der Waals surface area (Å²) in [5.74, 6) is -3.47. The van der Waals surface area contributed by atoms with Crippen LogP contribution in [0.25, 0.3) is 11.0 Å². The first kappa shape index (κ1) is 17.4. The van der Waals surface area contributed by atoms with Crippen molar-refractivity contribution in [2.75, 3.05) is 13.2 Å². The van der Waals surface area contributed by atoms with E-state index in [-0.39, 0.29) is 19.6 Å². The number of carbonyl (C=O) groups is 1. The van der Waals surface area contributed by atoms with Crippen LogP contribution in [-0.2, 0) is 11.2 Å². The average molecular weight is 351 g/mol. The Morgan fingerprint density at radius 2 is 2.12 bits per heavy atom. The highest BCUT2D eigenvalue weighted by Gasteiger charge is 2.56. The number of hydrogen-bond donors (Lipinski definition) is 1. The Hall–Kier alpha value is -2.44. The Kier molecular flexibility index (Phi) is 4.49. The Balaban J connectivity index is 1.74. The third-order valence-electron chi connectivity index (χ3n) is 4.28. The van der Waals surface area contributed by atoms with Gasteiger partial charge in [0.15, 0.2) is 6.61 Å². The highest BCUT2D eigenvalue weighted by Crippen LogP contribution is 2.47. The highest BCUT2D eigenvalue weighted by atomic mass is 19.3. The molecule has 25 heavy (non-hydrogen) atoms. The van der Waals surface area contributed by atoms with Crippen molar-refractivity contribution < 1.29 is 22.7 Å². The van der Waals surface area contributed by atoms with Crippen molar-refractivity contribution >= 4 is 16.9 Å². The van der Waals surface area contributed by atoms with E-state index in [1.165, 1.54) is 6.07 Å². The number of aryl methyl sites for hydroxylation is 2. The standard InChI is InChI=1S/C18H19F2NO4/c1-3-11-6-16(23)25-14-5-10(2)4-13(17(11)14)24-9-15(22)21-8-12-7-18(12,19)20/h4-6,12H,3,7-9H2,1-2H3,(H,21,22). The average Bonchev–Trinajstić information content (AvgIpc) is 3.16. The number of hydrogen-bond acceptors (Lipinski definition) is 4. The summed E-state index contributed by atoms with van der Waals surface area (Å²) in [6.07, 6.45) is 0.417. The van der Waals surface area contributed by atoms with Crippen LogP contribution in [0, 0.1) is 12.8 Å². The van der Waals surface area contributed by atoms with Crippen LogP contribution in [0.2, 0.25) is 0 Å². The van der Waals surface area contributed by atoms with Gasteiger partial charge in [0.2, 0.25) is 0 Å². The van der Waals surface area contributed by atoms with E-state index in [0.29, 0.717) is 23.1 Å². The van der Waals surface area contributed by atoms with Crippen molar-refractivity contribution in [3.63, 3.8) is 0 Å². The molecule has 1 aliphatic carbocycles. The van der Waals surface area contributed by atoms with Gasteiger partial charge in [0.05, 0.1) is 5.39 Å². The molecule has 134 valence electrons. The molecule has 1 aromatic carbocycles. The SMILES string of the molecule is CCc1cc(=O)oc2cc(C)cc(OCC(=O)NCC3CC3(F)F)c12. The van der Waals surface area contributed by atoms with Crippen LogP contribution in [0.1, 0.15) is 24.5 Å².